The maximum atomic E-state index is 12.2. The standard InChI is InChI=1S/C28H34N8O2/c1-18-5-8-25-31-32-26(36(25)33-18)10-19-6-7-24-21(9-19)11-22(12-29-24)23-13-30-35(17-23)16-20-14-34(15-20)27(37)38-28(2,3)4/h5-9,11-13,17,20-21,24,26,32H,10,14-16H2,1-4H3. The van der Waals surface area contributed by atoms with Crippen molar-refractivity contribution in [3.63, 3.8) is 0 Å². The van der Waals surface area contributed by atoms with Crippen LogP contribution in [-0.2, 0) is 11.3 Å². The van der Waals surface area contributed by atoms with Crippen LogP contribution in [-0.4, -0.2) is 74.4 Å². The summed E-state index contributed by atoms with van der Waals surface area (Å²) in [6, 6.07) is 0.118. The molecule has 5 heterocycles. The predicted molar refractivity (Wildman–Crippen MR) is 148 cm³/mol. The van der Waals surface area contributed by atoms with Crippen molar-refractivity contribution in [3.8, 4) is 0 Å². The molecule has 10 heteroatoms. The van der Waals surface area contributed by atoms with Crippen LogP contribution in [0.1, 0.15) is 39.7 Å². The summed E-state index contributed by atoms with van der Waals surface area (Å²) in [5, 5.41) is 15.6. The molecule has 5 aliphatic rings. The number of hydrogen-bond acceptors (Lipinski definition) is 8. The number of hydrogen-bond donors (Lipinski definition) is 1. The van der Waals surface area contributed by atoms with E-state index in [1.807, 2.05) is 61.9 Å². The first-order valence-electron chi connectivity index (χ1n) is 13.2. The van der Waals surface area contributed by atoms with Crippen LogP contribution in [0.3, 0.4) is 0 Å². The SMILES string of the molecule is CC1=NN2C(=NNC2CC2=CC3C=C(c4cnn(CC5CN(C(=O)OC(C)(C)C)C5)c4)C=NC3C=C2)C=C1. The van der Waals surface area contributed by atoms with E-state index in [1.54, 1.807) is 4.90 Å². The molecule has 0 radical (unpaired) electrons. The van der Waals surface area contributed by atoms with Crippen LogP contribution < -0.4 is 5.43 Å². The summed E-state index contributed by atoms with van der Waals surface area (Å²) in [7, 11) is 0. The highest BCUT2D eigenvalue weighted by atomic mass is 16.6. The predicted octanol–water partition coefficient (Wildman–Crippen LogP) is 3.58. The third kappa shape index (κ3) is 5.07. The van der Waals surface area contributed by atoms with E-state index in [9.17, 15) is 4.79 Å². The van der Waals surface area contributed by atoms with Crippen LogP contribution in [0.15, 0.2) is 69.6 Å². The molecule has 0 spiro atoms. The van der Waals surface area contributed by atoms with Crippen molar-refractivity contribution in [2.45, 2.75) is 58.5 Å². The molecule has 0 aromatic carbocycles. The molecule has 1 saturated heterocycles. The number of dihydropyridines is 1. The van der Waals surface area contributed by atoms with Crippen molar-refractivity contribution >= 4 is 29.4 Å². The van der Waals surface area contributed by atoms with Gasteiger partial charge in [-0.2, -0.15) is 15.3 Å². The Hall–Kier alpha value is -3.95. The second kappa shape index (κ2) is 9.41. The molecule has 1 amide bonds. The van der Waals surface area contributed by atoms with Gasteiger partial charge in [0.2, 0.25) is 0 Å². The summed E-state index contributed by atoms with van der Waals surface area (Å²) >= 11 is 0. The number of carbonyl (C=O) groups is 1. The molecule has 0 bridgehead atoms. The Kier molecular flexibility index (Phi) is 6.04. The Labute approximate surface area is 222 Å². The fraction of sp³-hybridized carbons (Fsp3) is 0.464. The molecule has 1 aliphatic carbocycles. The molecule has 6 rings (SSSR count). The van der Waals surface area contributed by atoms with E-state index >= 15 is 0 Å². The lowest BCUT2D eigenvalue weighted by molar-refractivity contribution is -0.00383. The largest absolute Gasteiger partial charge is 0.444 e. The van der Waals surface area contributed by atoms with Gasteiger partial charge in [0.25, 0.3) is 0 Å². The highest BCUT2D eigenvalue weighted by molar-refractivity contribution is 6.10. The molecule has 3 atom stereocenters. The van der Waals surface area contributed by atoms with Crippen LogP contribution in [0.25, 0.3) is 5.57 Å². The number of ether oxygens (including phenoxy) is 1. The number of nitrogens with zero attached hydrogens (tertiary/aromatic N) is 7. The number of carbonyl (C=O) groups excluding carboxylic acids is 1. The first-order chi connectivity index (χ1) is 18.2. The fourth-order valence-corrected chi connectivity index (χ4v) is 5.20. The topological polar surface area (TPSA) is 99.7 Å². The molecular weight excluding hydrogens is 480 g/mol. The van der Waals surface area contributed by atoms with Gasteiger partial charge in [-0.1, -0.05) is 24.3 Å². The molecule has 1 aromatic heterocycles. The quantitative estimate of drug-likeness (QED) is 0.648. The van der Waals surface area contributed by atoms with Gasteiger partial charge in [-0.05, 0) is 51.0 Å². The number of likely N-dealkylation sites (tertiary alicyclic amines) is 1. The monoisotopic (exact) mass is 514 g/mol. The molecule has 1 aromatic rings. The number of hydrazone groups is 2. The van der Waals surface area contributed by atoms with E-state index in [0.29, 0.717) is 19.0 Å². The number of nitrogens with one attached hydrogen (secondary N) is 1. The number of amidine groups is 1. The third-order valence-corrected chi connectivity index (χ3v) is 7.11. The summed E-state index contributed by atoms with van der Waals surface area (Å²) in [4.78, 5) is 18.7. The molecule has 1 fully saturated rings. The summed E-state index contributed by atoms with van der Waals surface area (Å²) in [6.07, 6.45) is 19.4. The van der Waals surface area contributed by atoms with Gasteiger partial charge in [-0.15, -0.1) is 0 Å². The van der Waals surface area contributed by atoms with Crippen LogP contribution in [0.5, 0.6) is 0 Å². The normalized spacial score (nSPS) is 26.1. The second-order valence-electron chi connectivity index (χ2n) is 11.5. The Bertz CT molecular complexity index is 1330. The van der Waals surface area contributed by atoms with Crippen LogP contribution in [0.4, 0.5) is 4.79 Å². The Morgan fingerprint density at radius 2 is 2.03 bits per heavy atom. The van der Waals surface area contributed by atoms with Gasteiger partial charge >= 0.3 is 6.09 Å². The van der Waals surface area contributed by atoms with E-state index in [-0.39, 0.29) is 24.2 Å². The summed E-state index contributed by atoms with van der Waals surface area (Å²) < 4.78 is 7.42. The Morgan fingerprint density at radius 1 is 1.18 bits per heavy atom. The maximum absolute atomic E-state index is 12.2. The Morgan fingerprint density at radius 3 is 2.84 bits per heavy atom. The first kappa shape index (κ1) is 24.4. The number of fused-ring (bicyclic) bond motifs is 2. The molecule has 0 saturated carbocycles. The minimum atomic E-state index is -0.471. The van der Waals surface area contributed by atoms with Crippen molar-refractivity contribution in [1.29, 1.82) is 0 Å². The van der Waals surface area contributed by atoms with Gasteiger partial charge in [0.1, 0.15) is 11.8 Å². The van der Waals surface area contributed by atoms with E-state index < -0.39 is 5.60 Å². The van der Waals surface area contributed by atoms with E-state index in [1.165, 1.54) is 5.57 Å². The van der Waals surface area contributed by atoms with E-state index in [2.05, 4.69) is 51.2 Å². The molecule has 38 heavy (non-hydrogen) atoms. The van der Waals surface area contributed by atoms with Gasteiger partial charge in [0.15, 0.2) is 5.84 Å². The zero-order chi connectivity index (χ0) is 26.4. The van der Waals surface area contributed by atoms with Crippen LogP contribution in [0, 0.1) is 11.8 Å². The summed E-state index contributed by atoms with van der Waals surface area (Å²) in [5.41, 5.74) is 7.09. The second-order valence-corrected chi connectivity index (χ2v) is 11.5. The van der Waals surface area contributed by atoms with E-state index in [0.717, 1.165) is 35.6 Å². The molecule has 4 aliphatic heterocycles. The molecule has 3 unspecified atom stereocenters. The first-order valence-corrected chi connectivity index (χ1v) is 13.2. The highest BCUT2D eigenvalue weighted by Gasteiger charge is 2.34. The number of rotatable bonds is 5. The molecular formula is C28H34N8O2. The Balaban J connectivity index is 1.06. The van der Waals surface area contributed by atoms with Gasteiger partial charge in [0.05, 0.1) is 18.0 Å². The smallest absolute Gasteiger partial charge is 0.410 e. The van der Waals surface area contributed by atoms with Gasteiger partial charge in [0, 0.05) is 55.9 Å². The van der Waals surface area contributed by atoms with Crippen molar-refractivity contribution in [2.24, 2.45) is 27.0 Å². The average molecular weight is 515 g/mol. The van der Waals surface area contributed by atoms with Crippen LogP contribution >= 0.6 is 0 Å². The van der Waals surface area contributed by atoms with Gasteiger partial charge in [-0.3, -0.25) is 15.1 Å². The van der Waals surface area contributed by atoms with Crippen LogP contribution in [0.2, 0.25) is 0 Å². The highest BCUT2D eigenvalue weighted by Crippen LogP contribution is 2.31. The summed E-state index contributed by atoms with van der Waals surface area (Å²) in [5.74, 6) is 1.42. The van der Waals surface area contributed by atoms with Gasteiger partial charge < -0.3 is 9.64 Å². The van der Waals surface area contributed by atoms with Crippen molar-refractivity contribution in [2.75, 3.05) is 13.1 Å². The third-order valence-electron chi connectivity index (χ3n) is 7.11. The van der Waals surface area contributed by atoms with Crippen molar-refractivity contribution in [3.05, 3.63) is 60.0 Å². The number of amides is 1. The number of allylic oxidation sites excluding steroid dienone is 3. The van der Waals surface area contributed by atoms with E-state index in [4.69, 9.17) is 9.73 Å². The lowest BCUT2D eigenvalue weighted by Crippen LogP contribution is -2.52. The lowest BCUT2D eigenvalue weighted by atomic mass is 9.86. The lowest BCUT2D eigenvalue weighted by Gasteiger charge is -2.39. The zero-order valence-electron chi connectivity index (χ0n) is 22.3. The fourth-order valence-electron chi connectivity index (χ4n) is 5.20. The minimum absolute atomic E-state index is 0.00359. The minimum Gasteiger partial charge on any atom is -0.444 e. The van der Waals surface area contributed by atoms with Crippen molar-refractivity contribution in [1.82, 2.24) is 25.1 Å². The zero-order valence-corrected chi connectivity index (χ0v) is 22.3. The van der Waals surface area contributed by atoms with Gasteiger partial charge in [-0.25, -0.2) is 9.80 Å². The average Bonchev–Trinajstić information content (AvgIpc) is 3.46. The number of aliphatic imine (C=N–C) groups is 1. The number of aromatic nitrogens is 2. The van der Waals surface area contributed by atoms with Crippen molar-refractivity contribution < 1.29 is 9.53 Å². The summed E-state index contributed by atoms with van der Waals surface area (Å²) in [6.45, 7) is 9.81. The molecule has 1 N–H and O–H groups in total. The molecule has 10 nitrogen and oxygen atoms in total. The maximum Gasteiger partial charge on any atom is 0.410 e. The molecule has 198 valence electrons.